The molecule has 0 N–H and O–H groups in total. The highest BCUT2D eigenvalue weighted by molar-refractivity contribution is 6.44. The first-order valence-corrected chi connectivity index (χ1v) is 21.7. The fourth-order valence-corrected chi connectivity index (χ4v) is 9.75. The summed E-state index contributed by atoms with van der Waals surface area (Å²) in [6.07, 6.45) is 10.8. The van der Waals surface area contributed by atoms with Crippen molar-refractivity contribution in [1.29, 1.82) is 10.5 Å². The summed E-state index contributed by atoms with van der Waals surface area (Å²) in [6, 6.07) is 20.5. The van der Waals surface area contributed by atoms with Gasteiger partial charge in [-0.25, -0.2) is 14.5 Å². The monoisotopic (exact) mass is 797 g/mol. The Bertz CT molecular complexity index is 2810. The van der Waals surface area contributed by atoms with E-state index in [1.54, 1.807) is 30.3 Å². The molecule has 6 aromatic rings. The van der Waals surface area contributed by atoms with Gasteiger partial charge in [-0.2, -0.15) is 10.5 Å². The van der Waals surface area contributed by atoms with E-state index in [2.05, 4.69) is 59.7 Å². The molecule has 8 heteroatoms. The lowest BCUT2D eigenvalue weighted by atomic mass is 9.80. The smallest absolute Gasteiger partial charge is 0.346 e. The lowest BCUT2D eigenvalue weighted by molar-refractivity contribution is 0.0390. The van der Waals surface area contributed by atoms with Crippen LogP contribution in [0.4, 0.5) is 5.69 Å². The SMILES string of the molecule is CC(C)CCCC(C)CCc1cc(CCC(C)CCCC(C)C)cc(N2C(=O)c3ccc4c5c(C#N)cc6c7c(ccc(c8c(C#N)cc(c3c48)C2=O)c75)C(=O)OC6=O)c1. The summed E-state index contributed by atoms with van der Waals surface area (Å²) in [4.78, 5) is 57.0. The molecule has 0 spiro atoms. The molecule has 0 bridgehead atoms. The van der Waals surface area contributed by atoms with Crippen LogP contribution in [-0.2, 0) is 17.6 Å². The number of carbonyl (C=O) groups excluding carboxylic acids is 4. The van der Waals surface area contributed by atoms with Crippen molar-refractivity contribution in [2.24, 2.45) is 23.7 Å². The molecule has 0 aromatic heterocycles. The van der Waals surface area contributed by atoms with Gasteiger partial charge in [0.1, 0.15) is 0 Å². The minimum Gasteiger partial charge on any atom is -0.386 e. The molecule has 2 atom stereocenters. The van der Waals surface area contributed by atoms with E-state index in [0.717, 1.165) is 49.7 Å². The van der Waals surface area contributed by atoms with E-state index in [9.17, 15) is 29.7 Å². The number of cyclic esters (lactones) is 2. The van der Waals surface area contributed by atoms with Crippen LogP contribution >= 0.6 is 0 Å². The van der Waals surface area contributed by atoms with E-state index in [-0.39, 0.29) is 27.8 Å². The molecule has 0 aliphatic carbocycles. The second-order valence-electron chi connectivity index (χ2n) is 18.3. The van der Waals surface area contributed by atoms with Crippen molar-refractivity contribution in [3.05, 3.63) is 99.1 Å². The Morgan fingerprint density at radius 2 is 0.983 bits per heavy atom. The average molecular weight is 798 g/mol. The predicted molar refractivity (Wildman–Crippen MR) is 237 cm³/mol. The number of imide groups is 1. The predicted octanol–water partition coefficient (Wildman–Crippen LogP) is 12.4. The van der Waals surface area contributed by atoms with Crippen LogP contribution in [0.3, 0.4) is 0 Å². The molecule has 0 fully saturated rings. The molecule has 304 valence electrons. The summed E-state index contributed by atoms with van der Waals surface area (Å²) in [5.74, 6) is -0.156. The van der Waals surface area contributed by atoms with Crippen LogP contribution in [-0.4, -0.2) is 23.8 Å². The lowest BCUT2D eigenvalue weighted by Crippen LogP contribution is -2.40. The van der Waals surface area contributed by atoms with E-state index < -0.39 is 23.8 Å². The number of rotatable bonds is 15. The van der Waals surface area contributed by atoms with E-state index in [1.165, 1.54) is 36.6 Å². The number of nitrogens with zero attached hydrogens (tertiary/aromatic N) is 3. The maximum absolute atomic E-state index is 14.9. The van der Waals surface area contributed by atoms with Gasteiger partial charge in [-0.1, -0.05) is 98.3 Å². The molecular formula is C52H51N3O5. The maximum atomic E-state index is 14.9. The van der Waals surface area contributed by atoms with Crippen molar-refractivity contribution in [2.45, 2.75) is 106 Å². The number of nitriles is 2. The summed E-state index contributed by atoms with van der Waals surface area (Å²) >= 11 is 0. The van der Waals surface area contributed by atoms with Gasteiger partial charge in [0.15, 0.2) is 0 Å². The van der Waals surface area contributed by atoms with Crippen LogP contribution < -0.4 is 4.90 Å². The summed E-state index contributed by atoms with van der Waals surface area (Å²) in [5.41, 5.74) is 3.95. The second-order valence-corrected chi connectivity index (χ2v) is 18.3. The number of anilines is 1. The highest BCUT2D eigenvalue weighted by Gasteiger charge is 2.38. The summed E-state index contributed by atoms with van der Waals surface area (Å²) in [7, 11) is 0. The van der Waals surface area contributed by atoms with E-state index in [4.69, 9.17) is 4.74 Å². The first kappa shape index (κ1) is 40.7. The molecular weight excluding hydrogens is 747 g/mol. The van der Waals surface area contributed by atoms with Crippen molar-refractivity contribution in [3.8, 4) is 12.1 Å². The van der Waals surface area contributed by atoms with Crippen molar-refractivity contribution < 1.29 is 23.9 Å². The Kier molecular flexibility index (Phi) is 10.9. The zero-order valence-corrected chi connectivity index (χ0v) is 35.5. The molecule has 0 saturated heterocycles. The van der Waals surface area contributed by atoms with Gasteiger partial charge < -0.3 is 4.74 Å². The van der Waals surface area contributed by atoms with Crippen LogP contribution in [0.15, 0.2) is 54.6 Å². The fraction of sp³-hybridized carbons (Fsp3) is 0.385. The van der Waals surface area contributed by atoms with Gasteiger partial charge in [-0.15, -0.1) is 0 Å². The van der Waals surface area contributed by atoms with Crippen molar-refractivity contribution in [1.82, 2.24) is 0 Å². The van der Waals surface area contributed by atoms with Gasteiger partial charge in [-0.05, 0) is 108 Å². The van der Waals surface area contributed by atoms with Gasteiger partial charge in [0.25, 0.3) is 11.8 Å². The Morgan fingerprint density at radius 1 is 0.517 bits per heavy atom. The number of benzene rings is 6. The summed E-state index contributed by atoms with van der Waals surface area (Å²) < 4.78 is 5.01. The molecule has 60 heavy (non-hydrogen) atoms. The molecule has 2 heterocycles. The fourth-order valence-electron chi connectivity index (χ4n) is 9.75. The Balaban J connectivity index is 1.25. The molecule has 8 nitrogen and oxygen atoms in total. The van der Waals surface area contributed by atoms with Crippen molar-refractivity contribution in [2.75, 3.05) is 4.90 Å². The molecule has 6 aromatic carbocycles. The Hall–Kier alpha value is -6.12. The first-order valence-electron chi connectivity index (χ1n) is 21.7. The second kappa shape index (κ2) is 16.1. The molecule has 2 amide bonds. The number of esters is 2. The third kappa shape index (κ3) is 7.06. The molecule has 2 aliphatic heterocycles. The molecule has 2 aliphatic rings. The van der Waals surface area contributed by atoms with Crippen LogP contribution in [0.25, 0.3) is 43.1 Å². The number of amides is 2. The van der Waals surface area contributed by atoms with Crippen LogP contribution in [0, 0.1) is 46.3 Å². The number of carbonyl (C=O) groups is 4. The number of ether oxygens (including phenoxy) is 1. The highest BCUT2D eigenvalue weighted by atomic mass is 16.6. The number of fused-ring (bicyclic) bond motifs is 2. The third-order valence-corrected chi connectivity index (χ3v) is 12.9. The number of hydrogen-bond donors (Lipinski definition) is 0. The van der Waals surface area contributed by atoms with E-state index >= 15 is 0 Å². The van der Waals surface area contributed by atoms with Gasteiger partial charge in [0.2, 0.25) is 0 Å². The van der Waals surface area contributed by atoms with Crippen LogP contribution in [0.2, 0.25) is 0 Å². The number of hydrogen-bond acceptors (Lipinski definition) is 7. The normalized spacial score (nSPS) is 14.9. The summed E-state index contributed by atoms with van der Waals surface area (Å²) in [5, 5.41) is 25.0. The van der Waals surface area contributed by atoms with E-state index in [1.807, 2.05) is 12.1 Å². The molecule has 8 rings (SSSR count). The lowest BCUT2D eigenvalue weighted by Gasteiger charge is -2.30. The standard InChI is InChI=1S/C52H51N3O5/c1-28(2)9-7-11-30(5)13-15-32-21-33(16-14-31(6)12-8-10-29(3)4)23-36(22-32)55-49(56)39-19-17-37-44-35(27-54)25-42-46-40(51(58)60-52(42)59)20-18-38(48(44)46)43-34(26-53)24-41(50(55)57)45(39)47(37)43/h17-25,28-31H,7-16H2,1-6H3. The number of aryl methyl sites for hydroxylation is 2. The minimum absolute atomic E-state index is 0.0954. The molecule has 2 unspecified atom stereocenters. The zero-order valence-electron chi connectivity index (χ0n) is 35.5. The molecule has 0 saturated carbocycles. The summed E-state index contributed by atoms with van der Waals surface area (Å²) in [6.45, 7) is 13.7. The average Bonchev–Trinajstić information content (AvgIpc) is 3.22. The van der Waals surface area contributed by atoms with Gasteiger partial charge in [0, 0.05) is 37.9 Å². The zero-order chi connectivity index (χ0) is 42.6. The van der Waals surface area contributed by atoms with Gasteiger partial charge in [0.05, 0.1) is 45.6 Å². The van der Waals surface area contributed by atoms with Gasteiger partial charge in [-0.3, -0.25) is 9.59 Å². The molecule has 0 radical (unpaired) electrons. The topological polar surface area (TPSA) is 128 Å². The van der Waals surface area contributed by atoms with Gasteiger partial charge >= 0.3 is 11.9 Å². The third-order valence-electron chi connectivity index (χ3n) is 12.9. The van der Waals surface area contributed by atoms with Crippen LogP contribution in [0.5, 0.6) is 0 Å². The Morgan fingerprint density at radius 3 is 1.50 bits per heavy atom. The van der Waals surface area contributed by atoms with E-state index in [0.29, 0.717) is 78.0 Å². The Labute approximate surface area is 351 Å². The first-order chi connectivity index (χ1) is 28.8. The minimum atomic E-state index is -0.847. The quantitative estimate of drug-likeness (QED) is 0.0332. The van der Waals surface area contributed by atoms with Crippen molar-refractivity contribution >= 4 is 72.5 Å². The largest absolute Gasteiger partial charge is 0.386 e. The maximum Gasteiger partial charge on any atom is 0.346 e. The van der Waals surface area contributed by atoms with Crippen molar-refractivity contribution in [3.63, 3.8) is 0 Å². The highest BCUT2D eigenvalue weighted by Crippen LogP contribution is 2.48. The van der Waals surface area contributed by atoms with Crippen LogP contribution in [0.1, 0.15) is 157 Å².